The quantitative estimate of drug-likeness (QED) is 0.595. The number of Topliss-reactive ketones (excluding diaryl/α,β-unsaturated/α-hetero) is 1. The molecule has 0 aliphatic heterocycles. The maximum atomic E-state index is 10.4. The second kappa shape index (κ2) is 5.70. The van der Waals surface area contributed by atoms with Crippen molar-refractivity contribution in [1.82, 2.24) is 10.2 Å². The van der Waals surface area contributed by atoms with Crippen LogP contribution >= 0.6 is 0 Å². The Labute approximate surface area is 84.0 Å². The first-order valence-electron chi connectivity index (χ1n) is 2.22. The number of H-pyrrole nitrogens is 1. The van der Waals surface area contributed by atoms with Crippen LogP contribution in [0.1, 0.15) is 17.3 Å². The predicted octanol–water partition coefficient (Wildman–Crippen LogP) is 0.863. The molecule has 0 saturated heterocycles. The van der Waals surface area contributed by atoms with Crippen LogP contribution in [0, 0.1) is 44.7 Å². The topological polar surface area (TPSA) is 45.8 Å². The Hall–Kier alpha value is -0.0681. The Balaban J connectivity index is 0. The molecule has 0 aliphatic carbocycles. The average Bonchev–Trinajstić information content (AvgIpc) is 2.12. The van der Waals surface area contributed by atoms with Gasteiger partial charge >= 0.3 is 31.1 Å². The molecule has 10 heavy (non-hydrogen) atoms. The van der Waals surface area contributed by atoms with E-state index in [1.54, 1.807) is 0 Å². The summed E-state index contributed by atoms with van der Waals surface area (Å²) in [6.07, 6.45) is 4.00. The molecule has 1 aromatic heterocycles. The molecule has 1 heterocycles. The van der Waals surface area contributed by atoms with Crippen molar-refractivity contribution in [3.8, 4) is 0 Å². The fourth-order valence-electron chi connectivity index (χ4n) is 0.401. The predicted molar refractivity (Wildman–Crippen MR) is 33.8 cm³/mol. The third kappa shape index (κ3) is 3.19. The van der Waals surface area contributed by atoms with Crippen molar-refractivity contribution in [2.75, 3.05) is 0 Å². The molecule has 1 rings (SSSR count). The summed E-state index contributed by atoms with van der Waals surface area (Å²) in [4.78, 5) is 10.4. The summed E-state index contributed by atoms with van der Waals surface area (Å²) in [6.45, 7) is 1.47. The SMILES string of the molecule is CC(=O)c1[c-][nH]nc1.[CH3-].[U+2]. The first-order chi connectivity index (χ1) is 3.80. The standard InChI is InChI=1S/C5H5N2O.CH3.U/c1-4(8)5-2-6-7-3-5;;/h2H,1H3,(H,6,7);1H3;/q2*-1;+2. The molecule has 0 aliphatic rings. The Morgan fingerprint density at radius 3 is 2.60 bits per heavy atom. The minimum atomic E-state index is -0.0150. The number of nitrogens with zero attached hydrogens (tertiary/aromatic N) is 1. The summed E-state index contributed by atoms with van der Waals surface area (Å²) < 4.78 is 0. The molecule has 1 N–H and O–H groups in total. The van der Waals surface area contributed by atoms with E-state index < -0.39 is 0 Å². The number of aromatic amines is 1. The van der Waals surface area contributed by atoms with Crippen molar-refractivity contribution < 1.29 is 35.9 Å². The fourth-order valence-corrected chi connectivity index (χ4v) is 0.401. The van der Waals surface area contributed by atoms with Crippen LogP contribution in [0.15, 0.2) is 6.20 Å². The van der Waals surface area contributed by atoms with E-state index in [2.05, 4.69) is 16.4 Å². The molecule has 4 heteroatoms. The maximum Gasteiger partial charge on any atom is 2.00 e. The molecule has 3 nitrogen and oxygen atoms in total. The smallest absolute Gasteiger partial charge is 0.371 e. The summed E-state index contributed by atoms with van der Waals surface area (Å²) in [5.41, 5.74) is 0.505. The van der Waals surface area contributed by atoms with Crippen molar-refractivity contribution in [3.05, 3.63) is 25.4 Å². The van der Waals surface area contributed by atoms with Gasteiger partial charge in [0, 0.05) is 5.78 Å². The van der Waals surface area contributed by atoms with E-state index in [0.29, 0.717) is 5.56 Å². The van der Waals surface area contributed by atoms with E-state index in [1.165, 1.54) is 13.1 Å². The van der Waals surface area contributed by atoms with Crippen molar-refractivity contribution >= 4 is 5.78 Å². The molecule has 0 saturated carbocycles. The van der Waals surface area contributed by atoms with Gasteiger partial charge in [-0.15, -0.1) is 5.56 Å². The summed E-state index contributed by atoms with van der Waals surface area (Å²) in [6, 6.07) is 0. The van der Waals surface area contributed by atoms with E-state index in [4.69, 9.17) is 0 Å². The van der Waals surface area contributed by atoms with Crippen LogP contribution in [-0.2, 0) is 0 Å². The summed E-state index contributed by atoms with van der Waals surface area (Å²) >= 11 is 0. The minimum Gasteiger partial charge on any atom is -0.371 e. The Kier molecular flexibility index (Phi) is 7.17. The van der Waals surface area contributed by atoms with Gasteiger partial charge < -0.3 is 17.3 Å². The van der Waals surface area contributed by atoms with E-state index >= 15 is 0 Å². The van der Waals surface area contributed by atoms with Gasteiger partial charge in [0.1, 0.15) is 0 Å². The summed E-state index contributed by atoms with van der Waals surface area (Å²) in [5, 5.41) is 5.96. The monoisotopic (exact) mass is 362 g/mol. The van der Waals surface area contributed by atoms with Crippen LogP contribution < -0.4 is 0 Å². The Bertz CT molecular complexity index is 184. The van der Waals surface area contributed by atoms with Gasteiger partial charge in [0.25, 0.3) is 0 Å². The molecular weight excluding hydrogens is 354 g/mol. The number of carbonyl (C=O) groups is 1. The van der Waals surface area contributed by atoms with E-state index in [9.17, 15) is 4.79 Å². The van der Waals surface area contributed by atoms with Crippen LogP contribution in [0.25, 0.3) is 0 Å². The summed E-state index contributed by atoms with van der Waals surface area (Å²) in [7, 11) is 0. The van der Waals surface area contributed by atoms with Gasteiger partial charge in [0.15, 0.2) is 0 Å². The Morgan fingerprint density at radius 1 is 1.80 bits per heavy atom. The number of carbonyl (C=O) groups excluding carboxylic acids is 1. The first kappa shape index (κ1) is 12.6. The number of hydrogen-bond donors (Lipinski definition) is 1. The Morgan fingerprint density at radius 2 is 2.40 bits per heavy atom. The largest absolute Gasteiger partial charge is 2.00 e. The molecule has 0 radical (unpaired) electrons. The molecule has 1 aromatic rings. The average molecular weight is 362 g/mol. The number of rotatable bonds is 1. The van der Waals surface area contributed by atoms with Gasteiger partial charge in [-0.25, -0.2) is 0 Å². The van der Waals surface area contributed by atoms with Crippen molar-refractivity contribution in [3.63, 3.8) is 0 Å². The molecule has 0 atom stereocenters. The van der Waals surface area contributed by atoms with Gasteiger partial charge in [-0.05, 0) is 6.92 Å². The van der Waals surface area contributed by atoms with Crippen LogP contribution in [0.5, 0.6) is 0 Å². The molecule has 52 valence electrons. The van der Waals surface area contributed by atoms with Crippen molar-refractivity contribution in [2.45, 2.75) is 6.92 Å². The van der Waals surface area contributed by atoms with E-state index in [1.807, 2.05) is 0 Å². The molecule has 0 fully saturated rings. The fraction of sp³-hybridized carbons (Fsp3) is 0.167. The van der Waals surface area contributed by atoms with Gasteiger partial charge in [0.05, 0.1) is 0 Å². The molecular formula is C6H8N2OU. The zero-order chi connectivity index (χ0) is 5.98. The van der Waals surface area contributed by atoms with Gasteiger partial charge in [-0.2, -0.15) is 0 Å². The molecule has 0 unspecified atom stereocenters. The second-order valence-electron chi connectivity index (χ2n) is 1.46. The van der Waals surface area contributed by atoms with Crippen molar-refractivity contribution in [1.29, 1.82) is 0 Å². The van der Waals surface area contributed by atoms with E-state index in [-0.39, 0.29) is 44.3 Å². The number of ketones is 1. The van der Waals surface area contributed by atoms with Gasteiger partial charge in [0.2, 0.25) is 0 Å². The van der Waals surface area contributed by atoms with Crippen molar-refractivity contribution in [2.24, 2.45) is 0 Å². The minimum absolute atomic E-state index is 0. The number of hydrogen-bond acceptors (Lipinski definition) is 2. The first-order valence-corrected chi connectivity index (χ1v) is 2.22. The molecule has 0 spiro atoms. The molecule has 0 bridgehead atoms. The van der Waals surface area contributed by atoms with Crippen LogP contribution in [-0.4, -0.2) is 16.0 Å². The van der Waals surface area contributed by atoms with Crippen LogP contribution in [0.4, 0.5) is 0 Å². The van der Waals surface area contributed by atoms with Crippen LogP contribution in [0.2, 0.25) is 0 Å². The van der Waals surface area contributed by atoms with E-state index in [0.717, 1.165) is 0 Å². The maximum absolute atomic E-state index is 10.4. The zero-order valence-electron chi connectivity index (χ0n) is 5.93. The molecule has 0 amide bonds. The second-order valence-corrected chi connectivity index (χ2v) is 1.46. The number of nitrogens with one attached hydrogen (secondary N) is 1. The van der Waals surface area contributed by atoms with Gasteiger partial charge in [-0.1, -0.05) is 12.4 Å². The zero-order valence-corrected chi connectivity index (χ0v) is 10.1. The third-order valence-corrected chi connectivity index (χ3v) is 0.828. The summed E-state index contributed by atoms with van der Waals surface area (Å²) in [5.74, 6) is -0.0150. The third-order valence-electron chi connectivity index (χ3n) is 0.828. The van der Waals surface area contributed by atoms with Gasteiger partial charge in [-0.3, -0.25) is 5.10 Å². The number of aromatic nitrogens is 2. The molecule has 0 aromatic carbocycles. The van der Waals surface area contributed by atoms with Crippen LogP contribution in [0.3, 0.4) is 0 Å². The normalized spacial score (nSPS) is 7.30.